The zero-order chi connectivity index (χ0) is 15.8. The molecule has 1 saturated carbocycles. The second-order valence-electron chi connectivity index (χ2n) is 6.25. The van der Waals surface area contributed by atoms with E-state index < -0.39 is 23.2 Å². The molecule has 1 heterocycles. The predicted molar refractivity (Wildman–Crippen MR) is 73.4 cm³/mol. The predicted octanol–water partition coefficient (Wildman–Crippen LogP) is -0.340. The first-order valence-electron chi connectivity index (χ1n) is 7.09. The molecule has 118 valence electrons. The lowest BCUT2D eigenvalue weighted by atomic mass is 10.1. The number of amides is 2. The SMILES string of the molecule is COCC(=O)N1CCN(C(=O)C2C(C(=O)O)C2(C)C)CC1. The molecule has 7 nitrogen and oxygen atoms in total. The molecule has 0 aromatic heterocycles. The molecule has 2 aliphatic rings. The highest BCUT2D eigenvalue weighted by atomic mass is 16.5. The third-order valence-corrected chi connectivity index (χ3v) is 4.57. The van der Waals surface area contributed by atoms with Gasteiger partial charge >= 0.3 is 5.97 Å². The van der Waals surface area contributed by atoms with Gasteiger partial charge in [0, 0.05) is 33.3 Å². The summed E-state index contributed by atoms with van der Waals surface area (Å²) in [5.41, 5.74) is -0.480. The van der Waals surface area contributed by atoms with E-state index in [1.54, 1.807) is 9.80 Å². The van der Waals surface area contributed by atoms with Gasteiger partial charge in [-0.3, -0.25) is 14.4 Å². The monoisotopic (exact) mass is 298 g/mol. The maximum atomic E-state index is 12.4. The number of carboxylic acids is 1. The summed E-state index contributed by atoms with van der Waals surface area (Å²) >= 11 is 0. The molecule has 0 radical (unpaired) electrons. The molecule has 21 heavy (non-hydrogen) atoms. The van der Waals surface area contributed by atoms with Gasteiger partial charge in [0.15, 0.2) is 0 Å². The van der Waals surface area contributed by atoms with Crippen molar-refractivity contribution >= 4 is 17.8 Å². The number of methoxy groups -OCH3 is 1. The zero-order valence-corrected chi connectivity index (χ0v) is 12.7. The lowest BCUT2D eigenvalue weighted by molar-refractivity contribution is -0.144. The van der Waals surface area contributed by atoms with E-state index in [1.165, 1.54) is 7.11 Å². The van der Waals surface area contributed by atoms with Crippen LogP contribution in [0.4, 0.5) is 0 Å². The van der Waals surface area contributed by atoms with Crippen LogP contribution in [0.25, 0.3) is 0 Å². The average Bonchev–Trinajstić information content (AvgIpc) is 3.01. The summed E-state index contributed by atoms with van der Waals surface area (Å²) in [6.07, 6.45) is 0. The standard InChI is InChI=1S/C14H22N2O5/c1-14(2)10(11(14)13(19)20)12(18)16-6-4-15(5-7-16)9(17)8-21-3/h10-11H,4-8H2,1-3H3,(H,19,20). The minimum Gasteiger partial charge on any atom is -0.481 e. The van der Waals surface area contributed by atoms with E-state index >= 15 is 0 Å². The van der Waals surface area contributed by atoms with Crippen LogP contribution in [0.2, 0.25) is 0 Å². The van der Waals surface area contributed by atoms with Crippen LogP contribution in [-0.4, -0.2) is 72.6 Å². The highest BCUT2D eigenvalue weighted by Crippen LogP contribution is 2.59. The molecule has 1 aliphatic carbocycles. The molecule has 0 spiro atoms. The Morgan fingerprint density at radius 3 is 2.05 bits per heavy atom. The molecule has 1 aliphatic heterocycles. The van der Waals surface area contributed by atoms with Crippen LogP contribution in [0.1, 0.15) is 13.8 Å². The lowest BCUT2D eigenvalue weighted by Gasteiger charge is -2.35. The molecule has 0 aromatic rings. The van der Waals surface area contributed by atoms with Gasteiger partial charge in [-0.1, -0.05) is 13.8 Å². The van der Waals surface area contributed by atoms with Crippen molar-refractivity contribution in [1.29, 1.82) is 0 Å². The third-order valence-electron chi connectivity index (χ3n) is 4.57. The van der Waals surface area contributed by atoms with Crippen LogP contribution < -0.4 is 0 Å². The quantitative estimate of drug-likeness (QED) is 0.767. The Balaban J connectivity index is 1.90. The summed E-state index contributed by atoms with van der Waals surface area (Å²) in [5, 5.41) is 9.14. The van der Waals surface area contributed by atoms with Crippen molar-refractivity contribution in [1.82, 2.24) is 9.80 Å². The number of hydrogen-bond donors (Lipinski definition) is 1. The maximum absolute atomic E-state index is 12.4. The van der Waals surface area contributed by atoms with Crippen LogP contribution >= 0.6 is 0 Å². The Morgan fingerprint density at radius 2 is 1.62 bits per heavy atom. The summed E-state index contributed by atoms with van der Waals surface area (Å²) in [7, 11) is 1.47. The van der Waals surface area contributed by atoms with E-state index in [2.05, 4.69) is 0 Å². The number of piperazine rings is 1. The van der Waals surface area contributed by atoms with Gasteiger partial charge < -0.3 is 19.6 Å². The van der Waals surface area contributed by atoms with Crippen molar-refractivity contribution in [2.75, 3.05) is 39.9 Å². The summed E-state index contributed by atoms with van der Waals surface area (Å²) < 4.78 is 4.81. The second-order valence-corrected chi connectivity index (χ2v) is 6.25. The first kappa shape index (κ1) is 15.8. The van der Waals surface area contributed by atoms with Gasteiger partial charge in [-0.15, -0.1) is 0 Å². The Bertz CT molecular complexity index is 454. The minimum atomic E-state index is -0.910. The number of rotatable bonds is 4. The number of aliphatic carboxylic acids is 1. The first-order chi connectivity index (χ1) is 9.80. The largest absolute Gasteiger partial charge is 0.481 e. The Kier molecular flexibility index (Phi) is 4.22. The zero-order valence-electron chi connectivity index (χ0n) is 12.7. The molecule has 1 saturated heterocycles. The van der Waals surface area contributed by atoms with Crippen LogP contribution in [-0.2, 0) is 19.1 Å². The van der Waals surface area contributed by atoms with E-state index in [-0.39, 0.29) is 18.4 Å². The molecule has 0 bridgehead atoms. The Morgan fingerprint density at radius 1 is 1.10 bits per heavy atom. The van der Waals surface area contributed by atoms with Gasteiger partial charge in [-0.2, -0.15) is 0 Å². The molecule has 2 unspecified atom stereocenters. The molecule has 2 fully saturated rings. The molecule has 0 aromatic carbocycles. The maximum Gasteiger partial charge on any atom is 0.307 e. The van der Waals surface area contributed by atoms with Crippen LogP contribution in [0.15, 0.2) is 0 Å². The smallest absolute Gasteiger partial charge is 0.307 e. The number of ether oxygens (including phenoxy) is 1. The van der Waals surface area contributed by atoms with E-state index in [9.17, 15) is 14.4 Å². The number of carbonyl (C=O) groups excluding carboxylic acids is 2. The summed E-state index contributed by atoms with van der Waals surface area (Å²) in [5.74, 6) is -2.15. The topological polar surface area (TPSA) is 87.2 Å². The van der Waals surface area contributed by atoms with E-state index in [0.717, 1.165) is 0 Å². The van der Waals surface area contributed by atoms with Crippen molar-refractivity contribution < 1.29 is 24.2 Å². The molecule has 2 atom stereocenters. The van der Waals surface area contributed by atoms with Crippen LogP contribution in [0, 0.1) is 17.3 Å². The van der Waals surface area contributed by atoms with E-state index in [0.29, 0.717) is 26.2 Å². The fraction of sp³-hybridized carbons (Fsp3) is 0.786. The molecule has 2 amide bonds. The minimum absolute atomic E-state index is 0.0463. The molecular weight excluding hydrogens is 276 g/mol. The third kappa shape index (κ3) is 2.88. The summed E-state index contributed by atoms with van der Waals surface area (Å²) in [6.45, 7) is 5.52. The number of nitrogens with zero attached hydrogens (tertiary/aromatic N) is 2. The fourth-order valence-corrected chi connectivity index (χ4v) is 3.15. The summed E-state index contributed by atoms with van der Waals surface area (Å²) in [4.78, 5) is 38.6. The van der Waals surface area contributed by atoms with Crippen molar-refractivity contribution in [2.45, 2.75) is 13.8 Å². The summed E-state index contributed by atoms with van der Waals surface area (Å²) in [6, 6.07) is 0. The number of carboxylic acid groups (broad SMARTS) is 1. The number of carbonyl (C=O) groups is 3. The average molecular weight is 298 g/mol. The highest BCUT2D eigenvalue weighted by Gasteiger charge is 2.66. The number of hydrogen-bond acceptors (Lipinski definition) is 4. The van der Waals surface area contributed by atoms with Crippen molar-refractivity contribution in [3.05, 3.63) is 0 Å². The molecule has 1 N–H and O–H groups in total. The molecular formula is C14H22N2O5. The van der Waals surface area contributed by atoms with Gasteiger partial charge in [-0.25, -0.2) is 0 Å². The van der Waals surface area contributed by atoms with Gasteiger partial charge in [0.25, 0.3) is 0 Å². The Hall–Kier alpha value is -1.63. The molecule has 7 heteroatoms. The lowest BCUT2D eigenvalue weighted by Crippen LogP contribution is -2.52. The van der Waals surface area contributed by atoms with Crippen LogP contribution in [0.5, 0.6) is 0 Å². The second kappa shape index (κ2) is 5.63. The normalized spacial score (nSPS) is 27.4. The van der Waals surface area contributed by atoms with Gasteiger partial charge in [0.1, 0.15) is 6.61 Å². The van der Waals surface area contributed by atoms with E-state index in [4.69, 9.17) is 9.84 Å². The van der Waals surface area contributed by atoms with Crippen molar-refractivity contribution in [3.8, 4) is 0 Å². The van der Waals surface area contributed by atoms with Crippen molar-refractivity contribution in [3.63, 3.8) is 0 Å². The first-order valence-corrected chi connectivity index (χ1v) is 7.09. The van der Waals surface area contributed by atoms with Gasteiger partial charge in [0.05, 0.1) is 11.8 Å². The van der Waals surface area contributed by atoms with E-state index in [1.807, 2.05) is 13.8 Å². The van der Waals surface area contributed by atoms with Crippen molar-refractivity contribution in [2.24, 2.45) is 17.3 Å². The van der Waals surface area contributed by atoms with Crippen LogP contribution in [0.3, 0.4) is 0 Å². The fourth-order valence-electron chi connectivity index (χ4n) is 3.15. The highest BCUT2D eigenvalue weighted by molar-refractivity contribution is 5.91. The van der Waals surface area contributed by atoms with Gasteiger partial charge in [-0.05, 0) is 5.41 Å². The Labute approximate surface area is 123 Å². The molecule has 2 rings (SSSR count). The van der Waals surface area contributed by atoms with Gasteiger partial charge in [0.2, 0.25) is 11.8 Å².